The predicted molar refractivity (Wildman–Crippen MR) is 73.1 cm³/mol. The Bertz CT molecular complexity index is 508. The summed E-state index contributed by atoms with van der Waals surface area (Å²) < 4.78 is 13.4. The van der Waals surface area contributed by atoms with Crippen molar-refractivity contribution in [2.24, 2.45) is 0 Å². The molecular formula is C16H18FN. The van der Waals surface area contributed by atoms with E-state index in [9.17, 15) is 4.39 Å². The monoisotopic (exact) mass is 243 g/mol. The Morgan fingerprint density at radius 3 is 2.50 bits per heavy atom. The van der Waals surface area contributed by atoms with Gasteiger partial charge in [0.1, 0.15) is 5.82 Å². The zero-order valence-electron chi connectivity index (χ0n) is 10.8. The zero-order chi connectivity index (χ0) is 13.0. The first-order valence-corrected chi connectivity index (χ1v) is 6.26. The molecule has 94 valence electrons. The highest BCUT2D eigenvalue weighted by molar-refractivity contribution is 5.37. The summed E-state index contributed by atoms with van der Waals surface area (Å²) in [5.74, 6) is -0.186. The number of halogens is 1. The first kappa shape index (κ1) is 12.8. The molecule has 0 radical (unpaired) electrons. The summed E-state index contributed by atoms with van der Waals surface area (Å²) in [5.41, 5.74) is 3.27. The van der Waals surface area contributed by atoms with E-state index in [-0.39, 0.29) is 11.9 Å². The van der Waals surface area contributed by atoms with Crippen LogP contribution in [-0.2, 0) is 0 Å². The van der Waals surface area contributed by atoms with E-state index in [0.29, 0.717) is 0 Å². The van der Waals surface area contributed by atoms with Crippen LogP contribution in [0.2, 0.25) is 0 Å². The maximum Gasteiger partial charge on any atom is 0.123 e. The number of nitrogens with one attached hydrogen (secondary N) is 1. The van der Waals surface area contributed by atoms with Crippen LogP contribution in [0.25, 0.3) is 0 Å². The Balaban J connectivity index is 2.44. The van der Waals surface area contributed by atoms with Crippen molar-refractivity contribution in [3.05, 3.63) is 71.0 Å². The SMILES string of the molecule is CCNC(c1ccccc1)c1cc(F)ccc1C. The van der Waals surface area contributed by atoms with Crippen molar-refractivity contribution in [1.82, 2.24) is 5.32 Å². The Hall–Kier alpha value is -1.67. The molecule has 0 heterocycles. The van der Waals surface area contributed by atoms with Crippen molar-refractivity contribution in [3.8, 4) is 0 Å². The van der Waals surface area contributed by atoms with Gasteiger partial charge in [0, 0.05) is 0 Å². The van der Waals surface area contributed by atoms with E-state index < -0.39 is 0 Å². The maximum atomic E-state index is 13.4. The van der Waals surface area contributed by atoms with Crippen molar-refractivity contribution in [3.63, 3.8) is 0 Å². The van der Waals surface area contributed by atoms with Crippen LogP contribution in [0.1, 0.15) is 29.7 Å². The molecule has 1 atom stereocenters. The Morgan fingerprint density at radius 2 is 1.83 bits per heavy atom. The summed E-state index contributed by atoms with van der Waals surface area (Å²) >= 11 is 0. The van der Waals surface area contributed by atoms with Gasteiger partial charge in [-0.1, -0.05) is 43.3 Å². The van der Waals surface area contributed by atoms with Crippen molar-refractivity contribution in [2.45, 2.75) is 19.9 Å². The molecule has 0 amide bonds. The molecular weight excluding hydrogens is 225 g/mol. The first-order chi connectivity index (χ1) is 8.72. The van der Waals surface area contributed by atoms with Gasteiger partial charge >= 0.3 is 0 Å². The van der Waals surface area contributed by atoms with Crippen LogP contribution in [0.4, 0.5) is 4.39 Å². The van der Waals surface area contributed by atoms with Crippen molar-refractivity contribution in [1.29, 1.82) is 0 Å². The van der Waals surface area contributed by atoms with Gasteiger partial charge in [-0.15, -0.1) is 0 Å². The molecule has 0 aliphatic carbocycles. The second kappa shape index (κ2) is 5.78. The van der Waals surface area contributed by atoms with Gasteiger partial charge in [0.2, 0.25) is 0 Å². The molecule has 2 heteroatoms. The second-order valence-electron chi connectivity index (χ2n) is 4.40. The molecule has 1 N–H and O–H groups in total. The van der Waals surface area contributed by atoms with Crippen molar-refractivity contribution in [2.75, 3.05) is 6.54 Å². The molecule has 0 fully saturated rings. The number of hydrogen-bond acceptors (Lipinski definition) is 1. The topological polar surface area (TPSA) is 12.0 Å². The largest absolute Gasteiger partial charge is 0.307 e. The molecule has 0 aromatic heterocycles. The van der Waals surface area contributed by atoms with E-state index in [0.717, 1.165) is 23.2 Å². The molecule has 2 aromatic carbocycles. The fourth-order valence-electron chi connectivity index (χ4n) is 2.18. The van der Waals surface area contributed by atoms with Crippen LogP contribution in [0.3, 0.4) is 0 Å². The fraction of sp³-hybridized carbons (Fsp3) is 0.250. The van der Waals surface area contributed by atoms with E-state index >= 15 is 0 Å². The molecule has 2 rings (SSSR count). The molecule has 0 aliphatic rings. The smallest absolute Gasteiger partial charge is 0.123 e. The highest BCUT2D eigenvalue weighted by Gasteiger charge is 2.15. The summed E-state index contributed by atoms with van der Waals surface area (Å²) in [6.45, 7) is 4.92. The van der Waals surface area contributed by atoms with Crippen molar-refractivity contribution >= 4 is 0 Å². The molecule has 0 aliphatic heterocycles. The van der Waals surface area contributed by atoms with Gasteiger partial charge in [-0.25, -0.2) is 4.39 Å². The number of rotatable bonds is 4. The number of aryl methyl sites for hydroxylation is 1. The third-order valence-corrected chi connectivity index (χ3v) is 3.09. The predicted octanol–water partition coefficient (Wildman–Crippen LogP) is 3.83. The average molecular weight is 243 g/mol. The lowest BCUT2D eigenvalue weighted by molar-refractivity contribution is 0.600. The van der Waals surface area contributed by atoms with Gasteiger partial charge in [0.15, 0.2) is 0 Å². The van der Waals surface area contributed by atoms with Gasteiger partial charge in [0.05, 0.1) is 6.04 Å². The average Bonchev–Trinajstić information content (AvgIpc) is 2.40. The third-order valence-electron chi connectivity index (χ3n) is 3.09. The molecule has 2 aromatic rings. The summed E-state index contributed by atoms with van der Waals surface area (Å²) in [5, 5.41) is 3.42. The number of benzene rings is 2. The zero-order valence-corrected chi connectivity index (χ0v) is 10.8. The molecule has 0 spiro atoms. The van der Waals surface area contributed by atoms with Gasteiger partial charge in [-0.2, -0.15) is 0 Å². The lowest BCUT2D eigenvalue weighted by Crippen LogP contribution is -2.22. The van der Waals surface area contributed by atoms with Gasteiger partial charge < -0.3 is 5.32 Å². The molecule has 0 saturated carbocycles. The molecule has 1 unspecified atom stereocenters. The van der Waals surface area contributed by atoms with Crippen LogP contribution in [0.15, 0.2) is 48.5 Å². The normalized spacial score (nSPS) is 12.4. The first-order valence-electron chi connectivity index (χ1n) is 6.26. The summed E-state index contributed by atoms with van der Waals surface area (Å²) in [6.07, 6.45) is 0. The van der Waals surface area contributed by atoms with E-state index in [4.69, 9.17) is 0 Å². The van der Waals surface area contributed by atoms with Gasteiger partial charge in [-0.05, 0) is 42.3 Å². The lowest BCUT2D eigenvalue weighted by atomic mass is 9.95. The summed E-state index contributed by atoms with van der Waals surface area (Å²) in [4.78, 5) is 0. The lowest BCUT2D eigenvalue weighted by Gasteiger charge is -2.21. The number of hydrogen-bond donors (Lipinski definition) is 1. The summed E-state index contributed by atoms with van der Waals surface area (Å²) in [6, 6.07) is 15.1. The van der Waals surface area contributed by atoms with Crippen LogP contribution in [0.5, 0.6) is 0 Å². The standard InChI is InChI=1S/C16H18FN/c1-3-18-16(13-7-5-4-6-8-13)15-11-14(17)10-9-12(15)2/h4-11,16,18H,3H2,1-2H3. The second-order valence-corrected chi connectivity index (χ2v) is 4.40. The van der Waals surface area contributed by atoms with Crippen LogP contribution in [0, 0.1) is 12.7 Å². The van der Waals surface area contributed by atoms with E-state index in [1.54, 1.807) is 6.07 Å². The Morgan fingerprint density at radius 1 is 1.11 bits per heavy atom. The van der Waals surface area contributed by atoms with Crippen LogP contribution >= 0.6 is 0 Å². The van der Waals surface area contributed by atoms with Crippen molar-refractivity contribution < 1.29 is 4.39 Å². The molecule has 1 nitrogen and oxygen atoms in total. The quantitative estimate of drug-likeness (QED) is 0.860. The highest BCUT2D eigenvalue weighted by atomic mass is 19.1. The highest BCUT2D eigenvalue weighted by Crippen LogP contribution is 2.25. The van der Waals surface area contributed by atoms with E-state index in [1.807, 2.05) is 31.2 Å². The van der Waals surface area contributed by atoms with E-state index in [1.165, 1.54) is 6.07 Å². The minimum atomic E-state index is -0.186. The summed E-state index contributed by atoms with van der Waals surface area (Å²) in [7, 11) is 0. The molecule has 0 bridgehead atoms. The third kappa shape index (κ3) is 2.77. The fourth-order valence-corrected chi connectivity index (χ4v) is 2.18. The molecule has 0 saturated heterocycles. The Kier molecular flexibility index (Phi) is 4.11. The van der Waals surface area contributed by atoms with Gasteiger partial charge in [0.25, 0.3) is 0 Å². The van der Waals surface area contributed by atoms with Crippen LogP contribution < -0.4 is 5.32 Å². The Labute approximate surface area is 108 Å². The van der Waals surface area contributed by atoms with Gasteiger partial charge in [-0.3, -0.25) is 0 Å². The minimum Gasteiger partial charge on any atom is -0.307 e. The van der Waals surface area contributed by atoms with E-state index in [2.05, 4.69) is 24.4 Å². The molecule has 18 heavy (non-hydrogen) atoms. The maximum absolute atomic E-state index is 13.4. The minimum absolute atomic E-state index is 0.0481. The van der Waals surface area contributed by atoms with Crippen LogP contribution in [-0.4, -0.2) is 6.54 Å².